The quantitative estimate of drug-likeness (QED) is 0.0920. The molecule has 13 heteroatoms. The Morgan fingerprint density at radius 3 is 1.92 bits per heavy atom. The molecule has 254 valence electrons. The van der Waals surface area contributed by atoms with Crippen LogP contribution in [0.2, 0.25) is 0 Å². The SMILES string of the molecule is Cc1cc(OCCOCCOCCOCCOCCOc2ccc3cc(-n4ccc5ccncc54)ncc3c2)ccc1C(=O)O.O=CO. The number of hydrogen-bond acceptors (Lipinski definition) is 10. The van der Waals surface area contributed by atoms with Gasteiger partial charge in [0.15, 0.2) is 0 Å². The first-order chi connectivity index (χ1) is 23.5. The number of nitrogens with zero attached hydrogens (tertiary/aromatic N) is 3. The van der Waals surface area contributed by atoms with Crippen molar-refractivity contribution >= 4 is 34.1 Å². The summed E-state index contributed by atoms with van der Waals surface area (Å²) < 4.78 is 35.6. The molecule has 3 heterocycles. The highest BCUT2D eigenvalue weighted by molar-refractivity contribution is 5.89. The van der Waals surface area contributed by atoms with E-state index in [1.54, 1.807) is 25.3 Å². The molecule has 13 nitrogen and oxygen atoms in total. The lowest BCUT2D eigenvalue weighted by atomic mass is 10.1. The molecule has 0 bridgehead atoms. The summed E-state index contributed by atoms with van der Waals surface area (Å²) in [5.41, 5.74) is 1.94. The van der Waals surface area contributed by atoms with E-state index in [4.69, 9.17) is 43.4 Å². The second-order valence-electron chi connectivity index (χ2n) is 10.2. The minimum Gasteiger partial charge on any atom is -0.491 e. The van der Waals surface area contributed by atoms with Gasteiger partial charge >= 0.3 is 5.97 Å². The van der Waals surface area contributed by atoms with Gasteiger partial charge in [0, 0.05) is 29.4 Å². The van der Waals surface area contributed by atoms with Crippen LogP contribution in [0.4, 0.5) is 0 Å². The average molecular weight is 662 g/mol. The Balaban J connectivity index is 0.00000167. The predicted octanol–water partition coefficient (Wildman–Crippen LogP) is 4.81. The maximum Gasteiger partial charge on any atom is 0.335 e. The molecule has 48 heavy (non-hydrogen) atoms. The lowest BCUT2D eigenvalue weighted by Gasteiger charge is -2.10. The van der Waals surface area contributed by atoms with Crippen molar-refractivity contribution in [3.63, 3.8) is 0 Å². The molecule has 0 saturated carbocycles. The van der Waals surface area contributed by atoms with Crippen molar-refractivity contribution in [3.05, 3.63) is 90.5 Å². The van der Waals surface area contributed by atoms with E-state index >= 15 is 0 Å². The number of fused-ring (bicyclic) bond motifs is 2. The predicted molar refractivity (Wildman–Crippen MR) is 177 cm³/mol. The Bertz CT molecular complexity index is 1740. The number of hydrogen-bond donors (Lipinski definition) is 2. The number of ether oxygens (including phenoxy) is 6. The number of carbonyl (C=O) groups is 2. The first-order valence-electron chi connectivity index (χ1n) is 15.3. The zero-order valence-corrected chi connectivity index (χ0v) is 26.7. The highest BCUT2D eigenvalue weighted by Gasteiger charge is 2.08. The number of pyridine rings is 2. The van der Waals surface area contributed by atoms with Gasteiger partial charge in [-0.25, -0.2) is 9.78 Å². The van der Waals surface area contributed by atoms with Crippen LogP contribution in [0.5, 0.6) is 11.5 Å². The van der Waals surface area contributed by atoms with Crippen molar-refractivity contribution in [2.24, 2.45) is 0 Å². The van der Waals surface area contributed by atoms with Gasteiger partial charge in [0.05, 0.1) is 70.1 Å². The van der Waals surface area contributed by atoms with Crippen molar-refractivity contribution < 1.29 is 48.2 Å². The molecule has 0 aliphatic heterocycles. The molecule has 2 aromatic carbocycles. The number of rotatable bonds is 19. The number of carboxylic acid groups (broad SMARTS) is 2. The molecule has 0 saturated heterocycles. The minimum absolute atomic E-state index is 0.250. The molecular formula is C35H39N3O10. The molecule has 0 unspecified atom stereocenters. The van der Waals surface area contributed by atoms with E-state index in [9.17, 15) is 4.79 Å². The monoisotopic (exact) mass is 661 g/mol. The molecule has 0 fully saturated rings. The first kappa shape index (κ1) is 35.8. The van der Waals surface area contributed by atoms with Gasteiger partial charge in [0.2, 0.25) is 0 Å². The molecule has 5 rings (SSSR count). The van der Waals surface area contributed by atoms with E-state index in [-0.39, 0.29) is 12.0 Å². The van der Waals surface area contributed by atoms with E-state index < -0.39 is 5.97 Å². The lowest BCUT2D eigenvalue weighted by Crippen LogP contribution is -2.14. The number of carboxylic acids is 1. The van der Waals surface area contributed by atoms with Crippen molar-refractivity contribution in [1.82, 2.24) is 14.5 Å². The van der Waals surface area contributed by atoms with Crippen molar-refractivity contribution in [2.75, 3.05) is 66.1 Å². The Morgan fingerprint density at radius 2 is 1.31 bits per heavy atom. The summed E-state index contributed by atoms with van der Waals surface area (Å²) >= 11 is 0. The van der Waals surface area contributed by atoms with Crippen LogP contribution in [-0.2, 0) is 23.7 Å². The van der Waals surface area contributed by atoms with Gasteiger partial charge in [-0.3, -0.25) is 14.3 Å². The lowest BCUT2D eigenvalue weighted by molar-refractivity contribution is -0.122. The Kier molecular flexibility index (Phi) is 14.6. The molecule has 3 aromatic heterocycles. The van der Waals surface area contributed by atoms with E-state index in [2.05, 4.69) is 22.1 Å². The molecule has 0 atom stereocenters. The second kappa shape index (κ2) is 19.6. The Hall–Kier alpha value is -5.08. The molecule has 0 aliphatic carbocycles. The summed E-state index contributed by atoms with van der Waals surface area (Å²) in [7, 11) is 0. The van der Waals surface area contributed by atoms with Crippen LogP contribution in [-0.4, -0.2) is 103 Å². The van der Waals surface area contributed by atoms with Gasteiger partial charge in [-0.2, -0.15) is 0 Å². The first-order valence-corrected chi connectivity index (χ1v) is 15.3. The topological polar surface area (TPSA) is 161 Å². The Morgan fingerprint density at radius 1 is 0.729 bits per heavy atom. The molecular weight excluding hydrogens is 622 g/mol. The highest BCUT2D eigenvalue weighted by Crippen LogP contribution is 2.24. The second-order valence-corrected chi connectivity index (χ2v) is 10.2. The third kappa shape index (κ3) is 11.0. The summed E-state index contributed by atoms with van der Waals surface area (Å²) in [5, 5.41) is 19.2. The van der Waals surface area contributed by atoms with Gasteiger partial charge < -0.3 is 38.6 Å². The number of benzene rings is 2. The fraction of sp³-hybridized carbons (Fsp3) is 0.314. The molecule has 0 amide bonds. The van der Waals surface area contributed by atoms with Crippen LogP contribution >= 0.6 is 0 Å². The highest BCUT2D eigenvalue weighted by atomic mass is 16.6. The average Bonchev–Trinajstić information content (AvgIpc) is 3.52. The maximum absolute atomic E-state index is 11.1. The standard InChI is InChI=1S/C34H37N3O8.CH2O2/c1-25-20-29(4-5-31(25)34(38)39)44-18-16-42-14-12-40-10-11-41-13-15-43-17-19-45-30-3-2-27-22-33(36-23-28(27)21-30)37-9-7-26-6-8-35-24-32(26)37;2-1-3/h2-9,20-24H,10-19H2,1H3,(H,38,39);1H,(H,2,3). The van der Waals surface area contributed by atoms with Gasteiger partial charge in [0.25, 0.3) is 6.47 Å². The van der Waals surface area contributed by atoms with Crippen LogP contribution in [0.15, 0.2) is 79.4 Å². The summed E-state index contributed by atoms with van der Waals surface area (Å²) in [6, 6.07) is 16.9. The Labute approximate surface area is 277 Å². The van der Waals surface area contributed by atoms with Crippen LogP contribution in [0.1, 0.15) is 15.9 Å². The van der Waals surface area contributed by atoms with Crippen LogP contribution < -0.4 is 9.47 Å². The van der Waals surface area contributed by atoms with Gasteiger partial charge in [-0.15, -0.1) is 0 Å². The van der Waals surface area contributed by atoms with Gasteiger partial charge in [0.1, 0.15) is 30.5 Å². The van der Waals surface area contributed by atoms with Gasteiger partial charge in [-0.1, -0.05) is 6.07 Å². The van der Waals surface area contributed by atoms with E-state index in [0.29, 0.717) is 77.4 Å². The van der Waals surface area contributed by atoms with Gasteiger partial charge in [-0.05, 0) is 66.4 Å². The van der Waals surface area contributed by atoms with E-state index in [0.717, 1.165) is 33.2 Å². The molecule has 2 N–H and O–H groups in total. The zero-order valence-electron chi connectivity index (χ0n) is 26.7. The van der Waals surface area contributed by atoms with E-state index in [1.807, 2.05) is 47.4 Å². The number of aryl methyl sites for hydroxylation is 1. The van der Waals surface area contributed by atoms with E-state index in [1.165, 1.54) is 6.07 Å². The molecule has 0 aliphatic rings. The summed E-state index contributed by atoms with van der Waals surface area (Å²) in [5.74, 6) is 1.27. The van der Waals surface area contributed by atoms with Crippen LogP contribution in [0, 0.1) is 6.92 Å². The molecule has 0 radical (unpaired) electrons. The maximum atomic E-state index is 11.1. The van der Waals surface area contributed by atoms with Crippen molar-refractivity contribution in [3.8, 4) is 17.3 Å². The fourth-order valence-electron chi connectivity index (χ4n) is 4.67. The number of aromatic nitrogens is 3. The summed E-state index contributed by atoms with van der Waals surface area (Å²) in [4.78, 5) is 28.3. The fourth-order valence-corrected chi connectivity index (χ4v) is 4.67. The summed E-state index contributed by atoms with van der Waals surface area (Å²) in [6.45, 7) is 5.94. The molecule has 5 aromatic rings. The van der Waals surface area contributed by atoms with Crippen LogP contribution in [0.25, 0.3) is 27.5 Å². The summed E-state index contributed by atoms with van der Waals surface area (Å²) in [6.07, 6.45) is 7.49. The third-order valence-electron chi connectivity index (χ3n) is 6.96. The largest absolute Gasteiger partial charge is 0.491 e. The van der Waals surface area contributed by atoms with Crippen LogP contribution in [0.3, 0.4) is 0 Å². The zero-order chi connectivity index (χ0) is 34.0. The third-order valence-corrected chi connectivity index (χ3v) is 6.96. The van der Waals surface area contributed by atoms with Crippen molar-refractivity contribution in [1.29, 1.82) is 0 Å². The molecule has 0 spiro atoms. The minimum atomic E-state index is -0.949. The number of aromatic carboxylic acids is 1. The smallest absolute Gasteiger partial charge is 0.335 e. The normalized spacial score (nSPS) is 10.9. The van der Waals surface area contributed by atoms with Crippen molar-refractivity contribution in [2.45, 2.75) is 6.92 Å².